The van der Waals surface area contributed by atoms with Crippen LogP contribution in [0.1, 0.15) is 46.9 Å². The Bertz CT molecular complexity index is 681. The first-order valence-corrected chi connectivity index (χ1v) is 8.32. The van der Waals surface area contributed by atoms with Crippen LogP contribution in [0.25, 0.3) is 0 Å². The molecule has 1 amide bonds. The molecular formula is C19H20ClNO3. The van der Waals surface area contributed by atoms with Crippen molar-refractivity contribution in [2.45, 2.75) is 26.2 Å². The normalized spacial score (nSPS) is 10.2. The highest BCUT2D eigenvalue weighted by atomic mass is 35.5. The molecule has 0 heterocycles. The van der Waals surface area contributed by atoms with E-state index in [0.29, 0.717) is 28.4 Å². The Labute approximate surface area is 146 Å². The Morgan fingerprint density at radius 2 is 1.58 bits per heavy atom. The fourth-order valence-corrected chi connectivity index (χ4v) is 2.22. The molecule has 4 nitrogen and oxygen atoms in total. The fraction of sp³-hybridized carbons (Fsp3) is 0.263. The highest BCUT2D eigenvalue weighted by Gasteiger charge is 2.09. The molecule has 2 aromatic rings. The summed E-state index contributed by atoms with van der Waals surface area (Å²) in [5, 5.41) is 3.35. The molecule has 0 bridgehead atoms. The van der Waals surface area contributed by atoms with Gasteiger partial charge in [0.2, 0.25) is 0 Å². The Morgan fingerprint density at radius 3 is 2.21 bits per heavy atom. The number of esters is 1. The van der Waals surface area contributed by atoms with Crippen LogP contribution in [-0.2, 0) is 4.74 Å². The second kappa shape index (κ2) is 9.08. The van der Waals surface area contributed by atoms with Gasteiger partial charge >= 0.3 is 5.97 Å². The molecule has 24 heavy (non-hydrogen) atoms. The minimum Gasteiger partial charge on any atom is -0.462 e. The number of halogens is 1. The van der Waals surface area contributed by atoms with E-state index in [-0.39, 0.29) is 11.9 Å². The van der Waals surface area contributed by atoms with Crippen molar-refractivity contribution < 1.29 is 14.3 Å². The number of benzene rings is 2. The Balaban J connectivity index is 1.90. The molecule has 2 rings (SSSR count). The van der Waals surface area contributed by atoms with Gasteiger partial charge in [0.1, 0.15) is 0 Å². The van der Waals surface area contributed by atoms with Gasteiger partial charge in [-0.25, -0.2) is 4.79 Å². The van der Waals surface area contributed by atoms with E-state index in [4.69, 9.17) is 16.3 Å². The van der Waals surface area contributed by atoms with E-state index in [9.17, 15) is 9.59 Å². The van der Waals surface area contributed by atoms with Crippen molar-refractivity contribution in [2.75, 3.05) is 11.9 Å². The van der Waals surface area contributed by atoms with E-state index >= 15 is 0 Å². The molecule has 0 fully saturated rings. The monoisotopic (exact) mass is 345 g/mol. The first kappa shape index (κ1) is 18.0. The molecule has 0 aliphatic carbocycles. The first-order valence-electron chi connectivity index (χ1n) is 7.94. The predicted molar refractivity (Wildman–Crippen MR) is 95.7 cm³/mol. The number of nitrogens with one attached hydrogen (secondary N) is 1. The lowest BCUT2D eigenvalue weighted by atomic mass is 10.2. The Morgan fingerprint density at radius 1 is 0.958 bits per heavy atom. The molecule has 0 aliphatic rings. The zero-order valence-corrected chi connectivity index (χ0v) is 14.3. The third kappa shape index (κ3) is 5.39. The lowest BCUT2D eigenvalue weighted by molar-refractivity contribution is 0.0498. The van der Waals surface area contributed by atoms with Crippen LogP contribution in [0.3, 0.4) is 0 Å². The molecule has 5 heteroatoms. The fourth-order valence-electron chi connectivity index (χ4n) is 2.09. The van der Waals surface area contributed by atoms with Crippen molar-refractivity contribution >= 4 is 29.2 Å². The number of hydrogen-bond acceptors (Lipinski definition) is 3. The van der Waals surface area contributed by atoms with Crippen LogP contribution in [0.15, 0.2) is 48.5 Å². The van der Waals surface area contributed by atoms with Gasteiger partial charge in [0, 0.05) is 16.3 Å². The number of rotatable bonds is 7. The zero-order chi connectivity index (χ0) is 17.4. The molecule has 2 aromatic carbocycles. The lowest BCUT2D eigenvalue weighted by Crippen LogP contribution is -2.12. The van der Waals surface area contributed by atoms with Crippen molar-refractivity contribution in [3.63, 3.8) is 0 Å². The van der Waals surface area contributed by atoms with Crippen LogP contribution >= 0.6 is 11.6 Å². The van der Waals surface area contributed by atoms with E-state index in [1.165, 1.54) is 0 Å². The third-order valence-corrected chi connectivity index (χ3v) is 3.72. The number of carbonyl (C=O) groups excluding carboxylic acids is 2. The van der Waals surface area contributed by atoms with Crippen molar-refractivity contribution in [3.8, 4) is 0 Å². The summed E-state index contributed by atoms with van der Waals surface area (Å²) in [7, 11) is 0. The minimum absolute atomic E-state index is 0.235. The second-order valence-corrected chi connectivity index (χ2v) is 5.82. The third-order valence-electron chi connectivity index (χ3n) is 3.47. The van der Waals surface area contributed by atoms with Gasteiger partial charge < -0.3 is 10.1 Å². The number of hydrogen-bond donors (Lipinski definition) is 1. The van der Waals surface area contributed by atoms with Crippen LogP contribution in [-0.4, -0.2) is 18.5 Å². The van der Waals surface area contributed by atoms with Crippen LogP contribution in [0.5, 0.6) is 0 Å². The van der Waals surface area contributed by atoms with E-state index in [1.54, 1.807) is 48.5 Å². The summed E-state index contributed by atoms with van der Waals surface area (Å²) in [4.78, 5) is 24.0. The molecule has 0 aliphatic heterocycles. The van der Waals surface area contributed by atoms with Gasteiger partial charge in [0.15, 0.2) is 0 Å². The Kier molecular flexibility index (Phi) is 6.82. The summed E-state index contributed by atoms with van der Waals surface area (Å²) in [5.74, 6) is -0.580. The summed E-state index contributed by atoms with van der Waals surface area (Å²) >= 11 is 5.80. The topological polar surface area (TPSA) is 55.4 Å². The van der Waals surface area contributed by atoms with Crippen molar-refractivity contribution in [2.24, 2.45) is 0 Å². The second-order valence-electron chi connectivity index (χ2n) is 5.38. The van der Waals surface area contributed by atoms with Crippen LogP contribution in [0, 0.1) is 0 Å². The summed E-state index contributed by atoms with van der Waals surface area (Å²) < 4.78 is 5.19. The molecular weight excluding hydrogens is 326 g/mol. The number of unbranched alkanes of at least 4 members (excludes halogenated alkanes) is 2. The average molecular weight is 346 g/mol. The lowest BCUT2D eigenvalue weighted by Gasteiger charge is -2.07. The quantitative estimate of drug-likeness (QED) is 0.571. The van der Waals surface area contributed by atoms with Gasteiger partial charge in [-0.15, -0.1) is 0 Å². The van der Waals surface area contributed by atoms with Gasteiger partial charge in [-0.3, -0.25) is 4.79 Å². The highest BCUT2D eigenvalue weighted by molar-refractivity contribution is 6.30. The maximum atomic E-state index is 12.1. The van der Waals surface area contributed by atoms with E-state index in [1.807, 2.05) is 0 Å². The van der Waals surface area contributed by atoms with Gasteiger partial charge in [-0.2, -0.15) is 0 Å². The van der Waals surface area contributed by atoms with E-state index in [2.05, 4.69) is 12.2 Å². The van der Waals surface area contributed by atoms with Gasteiger partial charge in [-0.05, 0) is 55.0 Å². The van der Waals surface area contributed by atoms with Gasteiger partial charge in [0.05, 0.1) is 12.2 Å². The van der Waals surface area contributed by atoms with Gasteiger partial charge in [-0.1, -0.05) is 31.4 Å². The summed E-state index contributed by atoms with van der Waals surface area (Å²) in [5.41, 5.74) is 1.59. The predicted octanol–water partition coefficient (Wildman–Crippen LogP) is 4.94. The Hall–Kier alpha value is -2.33. The van der Waals surface area contributed by atoms with Crippen molar-refractivity contribution in [1.29, 1.82) is 0 Å². The molecule has 0 unspecified atom stereocenters. The van der Waals surface area contributed by atoms with Crippen LogP contribution < -0.4 is 5.32 Å². The first-order chi connectivity index (χ1) is 11.6. The molecule has 1 N–H and O–H groups in total. The van der Waals surface area contributed by atoms with Crippen LogP contribution in [0.4, 0.5) is 5.69 Å². The molecule has 126 valence electrons. The molecule has 0 radical (unpaired) electrons. The maximum Gasteiger partial charge on any atom is 0.338 e. The molecule has 0 aromatic heterocycles. The smallest absolute Gasteiger partial charge is 0.338 e. The number of carbonyl (C=O) groups is 2. The summed E-state index contributed by atoms with van der Waals surface area (Å²) in [6, 6.07) is 13.3. The zero-order valence-electron chi connectivity index (χ0n) is 13.5. The molecule has 0 spiro atoms. The van der Waals surface area contributed by atoms with Gasteiger partial charge in [0.25, 0.3) is 5.91 Å². The number of ether oxygens (including phenoxy) is 1. The minimum atomic E-state index is -0.346. The highest BCUT2D eigenvalue weighted by Crippen LogP contribution is 2.14. The standard InChI is InChI=1S/C19H20ClNO3/c1-2-3-4-13-24-19(23)15-7-11-17(12-8-15)21-18(22)14-5-9-16(20)10-6-14/h5-12H,2-4,13H2,1H3,(H,21,22). The number of anilines is 1. The van der Waals surface area contributed by atoms with E-state index in [0.717, 1.165) is 19.3 Å². The van der Waals surface area contributed by atoms with E-state index < -0.39 is 0 Å². The number of amides is 1. The van der Waals surface area contributed by atoms with Crippen molar-refractivity contribution in [3.05, 3.63) is 64.7 Å². The summed E-state index contributed by atoms with van der Waals surface area (Å²) in [6.07, 6.45) is 3.00. The largest absolute Gasteiger partial charge is 0.462 e. The average Bonchev–Trinajstić information content (AvgIpc) is 2.59. The van der Waals surface area contributed by atoms with Crippen molar-refractivity contribution in [1.82, 2.24) is 0 Å². The van der Waals surface area contributed by atoms with Crippen LogP contribution in [0.2, 0.25) is 5.02 Å². The molecule has 0 atom stereocenters. The molecule has 0 saturated heterocycles. The SMILES string of the molecule is CCCCCOC(=O)c1ccc(NC(=O)c2ccc(Cl)cc2)cc1. The molecule has 0 saturated carbocycles. The maximum absolute atomic E-state index is 12.1. The summed E-state index contributed by atoms with van der Waals surface area (Å²) in [6.45, 7) is 2.53.